The van der Waals surface area contributed by atoms with Gasteiger partial charge in [0.2, 0.25) is 0 Å². The van der Waals surface area contributed by atoms with Crippen LogP contribution in [0.4, 0.5) is 5.82 Å². The van der Waals surface area contributed by atoms with E-state index in [1.54, 1.807) is 17.0 Å². The molecule has 106 valence electrons. The van der Waals surface area contributed by atoms with Crippen LogP contribution >= 0.6 is 0 Å². The molecule has 1 aliphatic heterocycles. The second kappa shape index (κ2) is 6.70. The van der Waals surface area contributed by atoms with Crippen LogP contribution in [0.1, 0.15) is 33.1 Å². The summed E-state index contributed by atoms with van der Waals surface area (Å²) in [5, 5.41) is 3.25. The van der Waals surface area contributed by atoms with Crippen molar-refractivity contribution in [3.8, 4) is 0 Å². The molecule has 5 heteroatoms. The van der Waals surface area contributed by atoms with Crippen LogP contribution in [0, 0.1) is 0 Å². The molecule has 1 N–H and O–H groups in total. The number of piperidine rings is 1. The smallest absolute Gasteiger partial charge is 0.293 e. The van der Waals surface area contributed by atoms with E-state index in [1.807, 2.05) is 6.92 Å². The Labute approximate surface area is 114 Å². The Morgan fingerprint density at radius 1 is 1.37 bits per heavy atom. The van der Waals surface area contributed by atoms with E-state index < -0.39 is 0 Å². The predicted molar refractivity (Wildman–Crippen MR) is 77.5 cm³/mol. The Morgan fingerprint density at radius 2 is 2.11 bits per heavy atom. The highest BCUT2D eigenvalue weighted by atomic mass is 16.1. The zero-order valence-corrected chi connectivity index (χ0v) is 11.9. The maximum absolute atomic E-state index is 12.1. The minimum atomic E-state index is -0.0319. The van der Waals surface area contributed by atoms with Crippen molar-refractivity contribution in [2.45, 2.75) is 45.7 Å². The van der Waals surface area contributed by atoms with Crippen LogP contribution in [-0.2, 0) is 6.54 Å². The molecule has 1 aromatic rings. The summed E-state index contributed by atoms with van der Waals surface area (Å²) < 4.78 is 1.67. The summed E-state index contributed by atoms with van der Waals surface area (Å²) in [5.74, 6) is 0.467. The molecule has 0 spiro atoms. The average Bonchev–Trinajstić information content (AvgIpc) is 2.42. The van der Waals surface area contributed by atoms with E-state index in [0.717, 1.165) is 6.54 Å². The van der Waals surface area contributed by atoms with Gasteiger partial charge in [0, 0.05) is 31.5 Å². The van der Waals surface area contributed by atoms with E-state index >= 15 is 0 Å². The lowest BCUT2D eigenvalue weighted by Gasteiger charge is -2.29. The number of aryl methyl sites for hydroxylation is 1. The molecule has 0 bridgehead atoms. The number of nitrogens with zero attached hydrogens (tertiary/aromatic N) is 3. The third-order valence-corrected chi connectivity index (χ3v) is 3.62. The van der Waals surface area contributed by atoms with Crippen molar-refractivity contribution < 1.29 is 0 Å². The summed E-state index contributed by atoms with van der Waals surface area (Å²) in [6, 6.07) is 0.242. The molecule has 1 aromatic heterocycles. The highest BCUT2D eigenvalue weighted by Gasteiger charge is 2.14. The van der Waals surface area contributed by atoms with E-state index in [9.17, 15) is 4.79 Å². The largest absolute Gasteiger partial charge is 0.362 e. The van der Waals surface area contributed by atoms with Crippen LogP contribution in [0.2, 0.25) is 0 Å². The summed E-state index contributed by atoms with van der Waals surface area (Å²) in [5.41, 5.74) is -0.0319. The van der Waals surface area contributed by atoms with Gasteiger partial charge in [0.25, 0.3) is 5.56 Å². The zero-order chi connectivity index (χ0) is 13.7. The number of anilines is 1. The summed E-state index contributed by atoms with van der Waals surface area (Å²) >= 11 is 0. The number of hydrogen-bond acceptors (Lipinski definition) is 4. The van der Waals surface area contributed by atoms with Crippen LogP contribution in [0.25, 0.3) is 0 Å². The fourth-order valence-corrected chi connectivity index (χ4v) is 2.60. The maximum Gasteiger partial charge on any atom is 0.293 e. The Bertz CT molecular complexity index is 451. The van der Waals surface area contributed by atoms with Gasteiger partial charge in [-0.05, 0) is 39.8 Å². The zero-order valence-electron chi connectivity index (χ0n) is 11.9. The molecule has 1 atom stereocenters. The number of rotatable bonds is 5. The van der Waals surface area contributed by atoms with Crippen LogP contribution in [-0.4, -0.2) is 40.1 Å². The van der Waals surface area contributed by atoms with E-state index in [-0.39, 0.29) is 11.6 Å². The van der Waals surface area contributed by atoms with Crippen molar-refractivity contribution in [3.05, 3.63) is 22.7 Å². The molecular formula is C14H24N4O. The van der Waals surface area contributed by atoms with Gasteiger partial charge >= 0.3 is 0 Å². The first-order valence-electron chi connectivity index (χ1n) is 7.25. The van der Waals surface area contributed by atoms with Crippen molar-refractivity contribution in [3.63, 3.8) is 0 Å². The highest BCUT2D eigenvalue weighted by Crippen LogP contribution is 2.09. The molecule has 1 unspecified atom stereocenters. The van der Waals surface area contributed by atoms with Gasteiger partial charge < -0.3 is 14.8 Å². The lowest BCUT2D eigenvalue weighted by molar-refractivity contribution is 0.223. The molecule has 0 radical (unpaired) electrons. The normalized spacial score (nSPS) is 18.2. The third kappa shape index (κ3) is 3.80. The summed E-state index contributed by atoms with van der Waals surface area (Å²) in [7, 11) is 0. The first kappa shape index (κ1) is 14.1. The van der Waals surface area contributed by atoms with Gasteiger partial charge in [-0.2, -0.15) is 0 Å². The van der Waals surface area contributed by atoms with Gasteiger partial charge in [-0.25, -0.2) is 4.98 Å². The molecule has 1 saturated heterocycles. The van der Waals surface area contributed by atoms with Crippen molar-refractivity contribution in [2.75, 3.05) is 25.0 Å². The van der Waals surface area contributed by atoms with Crippen LogP contribution in [0.15, 0.2) is 17.2 Å². The van der Waals surface area contributed by atoms with Crippen molar-refractivity contribution >= 4 is 5.82 Å². The van der Waals surface area contributed by atoms with Crippen molar-refractivity contribution in [1.82, 2.24) is 14.5 Å². The second-order valence-corrected chi connectivity index (χ2v) is 5.27. The minimum absolute atomic E-state index is 0.0319. The predicted octanol–water partition coefficient (Wildman–Crippen LogP) is 1.55. The Kier molecular flexibility index (Phi) is 4.96. The number of likely N-dealkylation sites (tertiary alicyclic amines) is 1. The lowest BCUT2D eigenvalue weighted by atomic mass is 10.1. The Balaban J connectivity index is 1.94. The van der Waals surface area contributed by atoms with Gasteiger partial charge in [-0.1, -0.05) is 6.42 Å². The van der Waals surface area contributed by atoms with E-state index in [0.29, 0.717) is 12.4 Å². The third-order valence-electron chi connectivity index (χ3n) is 3.62. The molecule has 0 aliphatic carbocycles. The molecule has 2 heterocycles. The fourth-order valence-electron chi connectivity index (χ4n) is 2.60. The van der Waals surface area contributed by atoms with Gasteiger partial charge in [-0.15, -0.1) is 0 Å². The van der Waals surface area contributed by atoms with Crippen LogP contribution in [0.5, 0.6) is 0 Å². The summed E-state index contributed by atoms with van der Waals surface area (Å²) in [6.07, 6.45) is 7.33. The van der Waals surface area contributed by atoms with Crippen molar-refractivity contribution in [1.29, 1.82) is 0 Å². The topological polar surface area (TPSA) is 50.2 Å². The van der Waals surface area contributed by atoms with Crippen molar-refractivity contribution in [2.24, 2.45) is 0 Å². The van der Waals surface area contributed by atoms with Gasteiger partial charge in [0.05, 0.1) is 0 Å². The maximum atomic E-state index is 12.1. The Morgan fingerprint density at radius 3 is 2.79 bits per heavy atom. The first-order valence-corrected chi connectivity index (χ1v) is 7.25. The van der Waals surface area contributed by atoms with E-state index in [1.165, 1.54) is 32.4 Å². The highest BCUT2D eigenvalue weighted by molar-refractivity contribution is 5.32. The fraction of sp³-hybridized carbons (Fsp3) is 0.714. The summed E-state index contributed by atoms with van der Waals surface area (Å²) in [4.78, 5) is 18.7. The molecule has 0 amide bonds. The van der Waals surface area contributed by atoms with Crippen LogP contribution in [0.3, 0.4) is 0 Å². The second-order valence-electron chi connectivity index (χ2n) is 5.27. The van der Waals surface area contributed by atoms with Gasteiger partial charge in [-0.3, -0.25) is 4.79 Å². The average molecular weight is 264 g/mol. The summed E-state index contributed by atoms with van der Waals surface area (Å²) in [6.45, 7) is 8.07. The lowest BCUT2D eigenvalue weighted by Crippen LogP contribution is -2.39. The van der Waals surface area contributed by atoms with E-state index in [2.05, 4.69) is 22.1 Å². The SMILES string of the molecule is CCn1ccnc(NC(C)CN2CCCCC2)c1=O. The molecule has 1 aliphatic rings. The van der Waals surface area contributed by atoms with Gasteiger partial charge in [0.1, 0.15) is 0 Å². The standard InChI is InChI=1S/C14H24N4O/c1-3-18-10-7-15-13(14(18)19)16-12(2)11-17-8-5-4-6-9-17/h7,10,12H,3-6,8-9,11H2,1-2H3,(H,15,16). The monoisotopic (exact) mass is 264 g/mol. The van der Waals surface area contributed by atoms with Crippen LogP contribution < -0.4 is 10.9 Å². The molecule has 2 rings (SSSR count). The number of hydrogen-bond donors (Lipinski definition) is 1. The molecule has 0 saturated carbocycles. The van der Waals surface area contributed by atoms with Gasteiger partial charge in [0.15, 0.2) is 5.82 Å². The first-order chi connectivity index (χ1) is 9.20. The molecule has 1 fully saturated rings. The molecule has 19 heavy (non-hydrogen) atoms. The number of aromatic nitrogens is 2. The quantitative estimate of drug-likeness (QED) is 0.876. The number of nitrogens with one attached hydrogen (secondary N) is 1. The Hall–Kier alpha value is -1.36. The molecular weight excluding hydrogens is 240 g/mol. The minimum Gasteiger partial charge on any atom is -0.362 e. The molecule has 5 nitrogen and oxygen atoms in total. The molecule has 0 aromatic carbocycles. The van der Waals surface area contributed by atoms with E-state index in [4.69, 9.17) is 0 Å².